The first-order chi connectivity index (χ1) is 11.1. The molecule has 2 N–H and O–H groups in total. The van der Waals surface area contributed by atoms with Gasteiger partial charge in [-0.3, -0.25) is 0 Å². The number of hydrogen-bond acceptors (Lipinski definition) is 2. The van der Waals surface area contributed by atoms with Gasteiger partial charge >= 0.3 is 0 Å². The third kappa shape index (κ3) is 3.24. The van der Waals surface area contributed by atoms with Gasteiger partial charge < -0.3 is 10.3 Å². The first kappa shape index (κ1) is 15.6. The summed E-state index contributed by atoms with van der Waals surface area (Å²) >= 11 is 0. The molecule has 0 aliphatic rings. The number of anilines is 1. The molecule has 0 atom stereocenters. The molecule has 1 aromatic heterocycles. The number of benzene rings is 2. The summed E-state index contributed by atoms with van der Waals surface area (Å²) < 4.78 is 2.36. The Morgan fingerprint density at radius 2 is 1.74 bits per heavy atom. The Balaban J connectivity index is 2.07. The summed E-state index contributed by atoms with van der Waals surface area (Å²) in [5, 5.41) is 0. The minimum absolute atomic E-state index is 0.807. The van der Waals surface area contributed by atoms with E-state index in [1.807, 2.05) is 12.1 Å². The topological polar surface area (TPSA) is 43.8 Å². The zero-order chi connectivity index (χ0) is 16.4. The van der Waals surface area contributed by atoms with E-state index in [1.54, 1.807) is 0 Å². The minimum atomic E-state index is 0.807. The first-order valence-corrected chi connectivity index (χ1v) is 8.39. The average molecular weight is 307 g/mol. The van der Waals surface area contributed by atoms with Gasteiger partial charge in [-0.2, -0.15) is 0 Å². The van der Waals surface area contributed by atoms with E-state index in [9.17, 15) is 0 Å². The second kappa shape index (κ2) is 6.45. The van der Waals surface area contributed by atoms with Gasteiger partial charge in [0.1, 0.15) is 5.82 Å². The van der Waals surface area contributed by atoms with Gasteiger partial charge in [0.05, 0.1) is 11.0 Å². The van der Waals surface area contributed by atoms with Crippen molar-refractivity contribution in [2.24, 2.45) is 0 Å². The van der Waals surface area contributed by atoms with Crippen molar-refractivity contribution in [1.29, 1.82) is 0 Å². The quantitative estimate of drug-likeness (QED) is 0.699. The Bertz CT molecular complexity index is 813. The molecule has 3 nitrogen and oxygen atoms in total. The Morgan fingerprint density at radius 3 is 2.43 bits per heavy atom. The molecule has 0 spiro atoms. The molecular formula is C20H25N3. The summed E-state index contributed by atoms with van der Waals surface area (Å²) in [6.07, 6.45) is 3.38. The van der Waals surface area contributed by atoms with Gasteiger partial charge in [-0.05, 0) is 61.2 Å². The van der Waals surface area contributed by atoms with Crippen molar-refractivity contribution in [2.75, 3.05) is 5.73 Å². The number of fused-ring (bicyclic) bond motifs is 1. The van der Waals surface area contributed by atoms with E-state index < -0.39 is 0 Å². The number of aromatic nitrogens is 2. The van der Waals surface area contributed by atoms with Crippen molar-refractivity contribution in [3.63, 3.8) is 0 Å². The van der Waals surface area contributed by atoms with Crippen molar-refractivity contribution in [1.82, 2.24) is 9.55 Å². The number of nitrogens with two attached hydrogens (primary N) is 1. The minimum Gasteiger partial charge on any atom is -0.399 e. The maximum absolute atomic E-state index is 5.80. The van der Waals surface area contributed by atoms with Gasteiger partial charge in [0.15, 0.2) is 0 Å². The molecule has 0 bridgehead atoms. The Labute approximate surface area is 138 Å². The number of nitrogens with zero attached hydrogens (tertiary/aromatic N) is 2. The Kier molecular flexibility index (Phi) is 4.37. The van der Waals surface area contributed by atoms with Gasteiger partial charge in [-0.15, -0.1) is 0 Å². The van der Waals surface area contributed by atoms with Crippen LogP contribution in [0.15, 0.2) is 36.4 Å². The lowest BCUT2D eigenvalue weighted by atomic mass is 10.1. The van der Waals surface area contributed by atoms with Crippen molar-refractivity contribution in [3.8, 4) is 0 Å². The molecule has 3 heteroatoms. The van der Waals surface area contributed by atoms with Gasteiger partial charge in [-0.1, -0.05) is 25.5 Å². The largest absolute Gasteiger partial charge is 0.399 e. The highest BCUT2D eigenvalue weighted by Gasteiger charge is 2.12. The van der Waals surface area contributed by atoms with E-state index in [4.69, 9.17) is 10.7 Å². The number of aryl methyl sites for hydroxylation is 3. The van der Waals surface area contributed by atoms with E-state index >= 15 is 0 Å². The molecule has 0 unspecified atom stereocenters. The molecule has 120 valence electrons. The fraction of sp³-hybridized carbons (Fsp3) is 0.350. The SMILES string of the molecule is CCCCc1nc2cc(C)c(C)cc2n1Cc1ccc(N)cc1. The van der Waals surface area contributed by atoms with Crippen LogP contribution in [-0.2, 0) is 13.0 Å². The van der Waals surface area contributed by atoms with Gasteiger partial charge in [0.2, 0.25) is 0 Å². The average Bonchev–Trinajstić information content (AvgIpc) is 2.85. The van der Waals surface area contributed by atoms with E-state index in [1.165, 1.54) is 40.9 Å². The highest BCUT2D eigenvalue weighted by Crippen LogP contribution is 2.23. The third-order valence-electron chi connectivity index (χ3n) is 4.52. The lowest BCUT2D eigenvalue weighted by molar-refractivity contribution is 0.690. The summed E-state index contributed by atoms with van der Waals surface area (Å²) in [5.74, 6) is 1.18. The normalized spacial score (nSPS) is 11.3. The smallest absolute Gasteiger partial charge is 0.110 e. The molecule has 3 aromatic rings. The van der Waals surface area contributed by atoms with E-state index in [0.717, 1.165) is 24.2 Å². The predicted octanol–water partition coefficient (Wildman–Crippen LogP) is 4.63. The van der Waals surface area contributed by atoms with Crippen LogP contribution in [0.4, 0.5) is 5.69 Å². The Morgan fingerprint density at radius 1 is 1.04 bits per heavy atom. The summed E-state index contributed by atoms with van der Waals surface area (Å²) in [7, 11) is 0. The number of hydrogen-bond donors (Lipinski definition) is 1. The van der Waals surface area contributed by atoms with Crippen LogP contribution in [0.1, 0.15) is 42.3 Å². The van der Waals surface area contributed by atoms with Gasteiger partial charge in [0, 0.05) is 18.7 Å². The molecule has 0 saturated carbocycles. The fourth-order valence-corrected chi connectivity index (χ4v) is 2.94. The van der Waals surface area contributed by atoms with Crippen LogP contribution >= 0.6 is 0 Å². The molecule has 0 fully saturated rings. The Hall–Kier alpha value is -2.29. The van der Waals surface area contributed by atoms with E-state index in [-0.39, 0.29) is 0 Å². The standard InChI is InChI=1S/C20H25N3/c1-4-5-6-20-22-18-11-14(2)15(3)12-19(18)23(20)13-16-7-9-17(21)10-8-16/h7-12H,4-6,13,21H2,1-3H3. The number of nitrogen functional groups attached to an aromatic ring is 1. The van der Waals surface area contributed by atoms with Crippen LogP contribution in [0, 0.1) is 13.8 Å². The number of imidazole rings is 1. The summed E-state index contributed by atoms with van der Waals surface area (Å²) in [6, 6.07) is 12.6. The fourth-order valence-electron chi connectivity index (χ4n) is 2.94. The van der Waals surface area contributed by atoms with Crippen LogP contribution in [0.25, 0.3) is 11.0 Å². The van der Waals surface area contributed by atoms with Crippen molar-refractivity contribution >= 4 is 16.7 Å². The monoisotopic (exact) mass is 307 g/mol. The molecule has 0 radical (unpaired) electrons. The van der Waals surface area contributed by atoms with Crippen LogP contribution < -0.4 is 5.73 Å². The van der Waals surface area contributed by atoms with Crippen LogP contribution in [0.3, 0.4) is 0 Å². The van der Waals surface area contributed by atoms with Crippen molar-refractivity contribution < 1.29 is 0 Å². The molecule has 0 saturated heterocycles. The second-order valence-corrected chi connectivity index (χ2v) is 6.38. The van der Waals surface area contributed by atoms with Crippen LogP contribution in [0.2, 0.25) is 0 Å². The van der Waals surface area contributed by atoms with Gasteiger partial charge in [0.25, 0.3) is 0 Å². The highest BCUT2D eigenvalue weighted by molar-refractivity contribution is 5.78. The van der Waals surface area contributed by atoms with E-state index in [2.05, 4.69) is 49.6 Å². The molecule has 23 heavy (non-hydrogen) atoms. The predicted molar refractivity (Wildman–Crippen MR) is 97.8 cm³/mol. The van der Waals surface area contributed by atoms with Crippen molar-refractivity contribution in [3.05, 3.63) is 58.9 Å². The lowest BCUT2D eigenvalue weighted by Crippen LogP contribution is -2.05. The molecule has 0 aliphatic heterocycles. The molecular weight excluding hydrogens is 282 g/mol. The highest BCUT2D eigenvalue weighted by atomic mass is 15.1. The number of unbranched alkanes of at least 4 members (excludes halogenated alkanes) is 1. The maximum Gasteiger partial charge on any atom is 0.110 e. The van der Waals surface area contributed by atoms with Crippen molar-refractivity contribution in [2.45, 2.75) is 46.6 Å². The molecule has 0 aliphatic carbocycles. The molecule has 0 amide bonds. The molecule has 3 rings (SSSR count). The number of rotatable bonds is 5. The second-order valence-electron chi connectivity index (χ2n) is 6.38. The van der Waals surface area contributed by atoms with Gasteiger partial charge in [-0.25, -0.2) is 4.98 Å². The van der Waals surface area contributed by atoms with Crippen LogP contribution in [-0.4, -0.2) is 9.55 Å². The summed E-state index contributed by atoms with van der Waals surface area (Å²) in [4.78, 5) is 4.90. The summed E-state index contributed by atoms with van der Waals surface area (Å²) in [5.41, 5.74) is 12.8. The maximum atomic E-state index is 5.80. The van der Waals surface area contributed by atoms with E-state index in [0.29, 0.717) is 0 Å². The van der Waals surface area contributed by atoms with Crippen LogP contribution in [0.5, 0.6) is 0 Å². The summed E-state index contributed by atoms with van der Waals surface area (Å²) in [6.45, 7) is 7.39. The zero-order valence-electron chi connectivity index (χ0n) is 14.3. The first-order valence-electron chi connectivity index (χ1n) is 8.39. The third-order valence-corrected chi connectivity index (χ3v) is 4.52. The molecule has 1 heterocycles. The molecule has 2 aromatic carbocycles. The zero-order valence-corrected chi connectivity index (χ0v) is 14.3. The lowest BCUT2D eigenvalue weighted by Gasteiger charge is -2.10.